The van der Waals surface area contributed by atoms with E-state index in [4.69, 9.17) is 9.47 Å². The van der Waals surface area contributed by atoms with Gasteiger partial charge in [-0.05, 0) is 36.4 Å². The molecule has 0 radical (unpaired) electrons. The lowest BCUT2D eigenvalue weighted by molar-refractivity contribution is 0.100. The summed E-state index contributed by atoms with van der Waals surface area (Å²) in [6.45, 7) is 0. The van der Waals surface area contributed by atoms with Gasteiger partial charge in [-0.15, -0.1) is 0 Å². The molecule has 2 aromatic carbocycles. The van der Waals surface area contributed by atoms with Crippen LogP contribution in [0.3, 0.4) is 0 Å². The van der Waals surface area contributed by atoms with E-state index in [-0.39, 0.29) is 12.2 Å². The molecule has 0 heterocycles. The van der Waals surface area contributed by atoms with Gasteiger partial charge in [0.15, 0.2) is 5.78 Å². The molecule has 0 unspecified atom stereocenters. The molecule has 0 amide bonds. The van der Waals surface area contributed by atoms with Crippen molar-refractivity contribution in [2.75, 3.05) is 14.2 Å². The Morgan fingerprint density at radius 1 is 1.05 bits per heavy atom. The van der Waals surface area contributed by atoms with Crippen LogP contribution in [0.5, 0.6) is 11.5 Å². The summed E-state index contributed by atoms with van der Waals surface area (Å²) in [5.41, 5.74) is 1.35. The lowest BCUT2D eigenvalue weighted by Crippen LogP contribution is -1.99. The van der Waals surface area contributed by atoms with Crippen LogP contribution in [-0.2, 0) is 0 Å². The van der Waals surface area contributed by atoms with Crippen LogP contribution in [0.25, 0.3) is 0 Å². The molecular weight excluding hydrogens is 266 g/mol. The van der Waals surface area contributed by atoms with Crippen LogP contribution in [0, 0.1) is 0 Å². The minimum Gasteiger partial charge on any atom is -0.497 e. The molecular formula is C17H17NO3. The topological polar surface area (TPSA) is 47.9 Å². The highest BCUT2D eigenvalue weighted by molar-refractivity contribution is 6.04. The van der Waals surface area contributed by atoms with Gasteiger partial charge >= 0.3 is 0 Å². The van der Waals surface area contributed by atoms with Crippen LogP contribution in [0.2, 0.25) is 0 Å². The van der Waals surface area contributed by atoms with Gasteiger partial charge in [0.1, 0.15) is 17.2 Å². The number of methoxy groups -OCH3 is 2. The van der Waals surface area contributed by atoms with Gasteiger partial charge in [0.25, 0.3) is 0 Å². The van der Waals surface area contributed by atoms with E-state index in [9.17, 15) is 4.79 Å². The number of para-hydroxylation sites is 2. The average molecular weight is 283 g/mol. The second-order valence-corrected chi connectivity index (χ2v) is 4.34. The number of ketones is 1. The van der Waals surface area contributed by atoms with Crippen molar-refractivity contribution in [2.24, 2.45) is 4.99 Å². The summed E-state index contributed by atoms with van der Waals surface area (Å²) in [4.78, 5) is 16.3. The number of nitrogens with zero attached hydrogens (tertiary/aromatic N) is 1. The van der Waals surface area contributed by atoms with Gasteiger partial charge in [-0.2, -0.15) is 0 Å². The Hall–Kier alpha value is -2.62. The summed E-state index contributed by atoms with van der Waals surface area (Å²) in [6.07, 6.45) is 1.84. The summed E-state index contributed by atoms with van der Waals surface area (Å²) in [5.74, 6) is 1.43. The minimum absolute atomic E-state index is 0.0105. The molecule has 0 aromatic heterocycles. The SMILES string of the molecule is COc1ccc(C(=O)CC=Nc2ccccc2OC)cc1. The molecule has 2 aromatic rings. The summed E-state index contributed by atoms with van der Waals surface area (Å²) in [5, 5.41) is 0. The van der Waals surface area contributed by atoms with Crippen molar-refractivity contribution in [1.82, 2.24) is 0 Å². The molecule has 4 nitrogen and oxygen atoms in total. The highest BCUT2D eigenvalue weighted by Gasteiger charge is 2.04. The van der Waals surface area contributed by atoms with E-state index in [1.165, 1.54) is 0 Å². The van der Waals surface area contributed by atoms with Gasteiger partial charge in [0, 0.05) is 18.2 Å². The molecule has 0 aliphatic carbocycles. The quantitative estimate of drug-likeness (QED) is 0.600. The number of Topliss-reactive ketones (excluding diaryl/α,β-unsaturated/α-hetero) is 1. The molecule has 0 spiro atoms. The Balaban J connectivity index is 2.01. The van der Waals surface area contributed by atoms with Crippen molar-refractivity contribution in [3.63, 3.8) is 0 Å². The maximum Gasteiger partial charge on any atom is 0.168 e. The highest BCUT2D eigenvalue weighted by atomic mass is 16.5. The number of carbonyl (C=O) groups excluding carboxylic acids is 1. The molecule has 0 aliphatic heterocycles. The Kier molecular flexibility index (Phi) is 5.10. The zero-order valence-corrected chi connectivity index (χ0v) is 12.1. The third-order valence-electron chi connectivity index (χ3n) is 3.00. The molecule has 0 N–H and O–H groups in total. The number of carbonyl (C=O) groups is 1. The first-order chi connectivity index (χ1) is 10.2. The highest BCUT2D eigenvalue weighted by Crippen LogP contribution is 2.25. The number of hydrogen-bond acceptors (Lipinski definition) is 4. The number of benzene rings is 2. The van der Waals surface area contributed by atoms with Crippen molar-refractivity contribution in [3.05, 3.63) is 54.1 Å². The third-order valence-corrected chi connectivity index (χ3v) is 3.00. The molecule has 0 fully saturated rings. The standard InChI is InChI=1S/C17H17NO3/c1-20-14-9-7-13(8-10-14)16(19)11-12-18-15-5-3-4-6-17(15)21-2/h3-10,12H,11H2,1-2H3. The fourth-order valence-corrected chi connectivity index (χ4v) is 1.86. The normalized spacial score (nSPS) is 10.6. The van der Waals surface area contributed by atoms with Gasteiger partial charge in [-0.3, -0.25) is 9.79 Å². The zero-order chi connectivity index (χ0) is 15.1. The molecule has 0 saturated carbocycles. The maximum atomic E-state index is 12.0. The predicted octanol–water partition coefficient (Wildman–Crippen LogP) is 3.68. The van der Waals surface area contributed by atoms with E-state index < -0.39 is 0 Å². The van der Waals surface area contributed by atoms with E-state index in [1.807, 2.05) is 24.3 Å². The van der Waals surface area contributed by atoms with E-state index in [0.717, 1.165) is 5.75 Å². The van der Waals surface area contributed by atoms with E-state index in [2.05, 4.69) is 4.99 Å². The van der Waals surface area contributed by atoms with Gasteiger partial charge in [-0.25, -0.2) is 0 Å². The Labute approximate surface area is 124 Å². The first kappa shape index (κ1) is 14.8. The van der Waals surface area contributed by atoms with Crippen molar-refractivity contribution < 1.29 is 14.3 Å². The van der Waals surface area contributed by atoms with E-state index >= 15 is 0 Å². The molecule has 21 heavy (non-hydrogen) atoms. The first-order valence-corrected chi connectivity index (χ1v) is 6.57. The Morgan fingerprint density at radius 3 is 2.43 bits per heavy atom. The van der Waals surface area contributed by atoms with Gasteiger partial charge in [0.05, 0.1) is 14.2 Å². The fourth-order valence-electron chi connectivity index (χ4n) is 1.86. The van der Waals surface area contributed by atoms with Crippen molar-refractivity contribution in [2.45, 2.75) is 6.42 Å². The smallest absolute Gasteiger partial charge is 0.168 e. The van der Waals surface area contributed by atoms with E-state index in [0.29, 0.717) is 17.0 Å². The number of ether oxygens (including phenoxy) is 2. The van der Waals surface area contributed by atoms with Crippen LogP contribution < -0.4 is 9.47 Å². The van der Waals surface area contributed by atoms with Crippen LogP contribution in [0.4, 0.5) is 5.69 Å². The largest absolute Gasteiger partial charge is 0.497 e. The lowest BCUT2D eigenvalue weighted by Gasteiger charge is -2.03. The molecule has 0 saturated heterocycles. The first-order valence-electron chi connectivity index (χ1n) is 6.57. The van der Waals surface area contributed by atoms with E-state index in [1.54, 1.807) is 44.7 Å². The average Bonchev–Trinajstić information content (AvgIpc) is 2.55. The maximum absolute atomic E-state index is 12.0. The van der Waals surface area contributed by atoms with Gasteiger partial charge < -0.3 is 9.47 Å². The Bertz CT molecular complexity index is 633. The van der Waals surface area contributed by atoms with Gasteiger partial charge in [-0.1, -0.05) is 12.1 Å². The molecule has 108 valence electrons. The molecule has 4 heteroatoms. The van der Waals surface area contributed by atoms with Crippen molar-refractivity contribution in [3.8, 4) is 11.5 Å². The van der Waals surface area contributed by atoms with Gasteiger partial charge in [0.2, 0.25) is 0 Å². The van der Waals surface area contributed by atoms with Crippen molar-refractivity contribution in [1.29, 1.82) is 0 Å². The minimum atomic E-state index is 0.0105. The van der Waals surface area contributed by atoms with Crippen LogP contribution in [-0.4, -0.2) is 26.2 Å². The second kappa shape index (κ2) is 7.24. The summed E-state index contributed by atoms with van der Waals surface area (Å²) in [6, 6.07) is 14.5. The number of hydrogen-bond donors (Lipinski definition) is 0. The molecule has 0 bridgehead atoms. The molecule has 0 aliphatic rings. The fraction of sp³-hybridized carbons (Fsp3) is 0.176. The monoisotopic (exact) mass is 283 g/mol. The van der Waals surface area contributed by atoms with Crippen LogP contribution in [0.15, 0.2) is 53.5 Å². The molecule has 0 atom stereocenters. The van der Waals surface area contributed by atoms with Crippen molar-refractivity contribution >= 4 is 17.7 Å². The second-order valence-electron chi connectivity index (χ2n) is 4.34. The third kappa shape index (κ3) is 3.92. The number of rotatable bonds is 6. The lowest BCUT2D eigenvalue weighted by atomic mass is 10.1. The number of aliphatic imine (C=N–C) groups is 1. The summed E-state index contributed by atoms with van der Waals surface area (Å²) in [7, 11) is 3.19. The van der Waals surface area contributed by atoms with Crippen LogP contribution >= 0.6 is 0 Å². The zero-order valence-electron chi connectivity index (χ0n) is 12.1. The summed E-state index contributed by atoms with van der Waals surface area (Å²) < 4.78 is 10.3. The molecule has 2 rings (SSSR count). The van der Waals surface area contributed by atoms with Crippen LogP contribution in [0.1, 0.15) is 16.8 Å². The Morgan fingerprint density at radius 2 is 1.76 bits per heavy atom. The predicted molar refractivity (Wildman–Crippen MR) is 83.1 cm³/mol. The summed E-state index contributed by atoms with van der Waals surface area (Å²) >= 11 is 0.